The number of piperidine rings is 1. The highest BCUT2D eigenvalue weighted by Gasteiger charge is 2.30. The predicted octanol–water partition coefficient (Wildman–Crippen LogP) is 2.27. The molecule has 2 unspecified atom stereocenters. The van der Waals surface area contributed by atoms with Crippen LogP contribution < -0.4 is 10.1 Å². The van der Waals surface area contributed by atoms with Crippen molar-refractivity contribution in [2.45, 2.75) is 25.9 Å². The quantitative estimate of drug-likeness (QED) is 0.770. The van der Waals surface area contributed by atoms with E-state index in [0.717, 1.165) is 37.4 Å². The summed E-state index contributed by atoms with van der Waals surface area (Å²) in [6.45, 7) is 4.95. The number of hydrogen-bond acceptors (Lipinski definition) is 6. The van der Waals surface area contributed by atoms with Gasteiger partial charge in [0.05, 0.1) is 18.9 Å². The minimum atomic E-state index is 0.252. The fourth-order valence-electron chi connectivity index (χ4n) is 4.11. The van der Waals surface area contributed by atoms with Crippen LogP contribution in [-0.2, 0) is 22.6 Å². The van der Waals surface area contributed by atoms with Crippen molar-refractivity contribution in [2.75, 3.05) is 39.4 Å². The van der Waals surface area contributed by atoms with Crippen molar-refractivity contribution < 1.29 is 18.8 Å². The zero-order chi connectivity index (χ0) is 19.9. The Hall–Kier alpha value is -2.38. The van der Waals surface area contributed by atoms with Gasteiger partial charge in [-0.05, 0) is 49.9 Å². The van der Waals surface area contributed by atoms with Crippen molar-refractivity contribution in [3.05, 3.63) is 47.9 Å². The van der Waals surface area contributed by atoms with E-state index in [4.69, 9.17) is 14.0 Å². The molecule has 7 nitrogen and oxygen atoms in total. The second-order valence-corrected chi connectivity index (χ2v) is 7.80. The van der Waals surface area contributed by atoms with Crippen molar-refractivity contribution in [2.24, 2.45) is 11.8 Å². The molecular formula is C22H29N3O4. The first-order valence-electron chi connectivity index (χ1n) is 10.5. The second kappa shape index (κ2) is 9.89. The molecule has 2 aliphatic heterocycles. The smallest absolute Gasteiger partial charge is 0.223 e. The highest BCUT2D eigenvalue weighted by molar-refractivity contribution is 5.76. The van der Waals surface area contributed by atoms with Gasteiger partial charge in [0.2, 0.25) is 5.91 Å². The second-order valence-electron chi connectivity index (χ2n) is 7.80. The van der Waals surface area contributed by atoms with E-state index in [2.05, 4.69) is 10.5 Å². The highest BCUT2D eigenvalue weighted by atomic mass is 16.5. The maximum atomic E-state index is 12.7. The summed E-state index contributed by atoms with van der Waals surface area (Å²) >= 11 is 0. The number of para-hydroxylation sites is 1. The van der Waals surface area contributed by atoms with Gasteiger partial charge < -0.3 is 24.2 Å². The standard InChI is InChI=1S/C22H29N3O4/c26-22(25-8-10-27-11-9-25)13-17-6-7-23-15-18(17)12-19-14-21(29-24-19)16-28-20-4-2-1-3-5-20/h1-5,14,17-18,23H,6-13,15-16H2. The molecule has 2 saturated heterocycles. The third-order valence-electron chi connectivity index (χ3n) is 5.77. The van der Waals surface area contributed by atoms with E-state index >= 15 is 0 Å². The first-order valence-corrected chi connectivity index (χ1v) is 10.5. The molecular weight excluding hydrogens is 370 g/mol. The molecule has 2 atom stereocenters. The number of nitrogens with one attached hydrogen (secondary N) is 1. The molecule has 0 saturated carbocycles. The number of carbonyl (C=O) groups is 1. The van der Waals surface area contributed by atoms with Crippen molar-refractivity contribution in [3.8, 4) is 5.75 Å². The molecule has 1 aromatic heterocycles. The first-order chi connectivity index (χ1) is 14.3. The van der Waals surface area contributed by atoms with Crippen LogP contribution in [0.2, 0.25) is 0 Å². The Bertz CT molecular complexity index is 773. The van der Waals surface area contributed by atoms with Crippen molar-refractivity contribution in [1.82, 2.24) is 15.4 Å². The lowest BCUT2D eigenvalue weighted by Gasteiger charge is -2.34. The largest absolute Gasteiger partial charge is 0.486 e. The number of morpholine rings is 1. The number of amides is 1. The normalized spacial score (nSPS) is 22.4. The summed E-state index contributed by atoms with van der Waals surface area (Å²) in [5, 5.41) is 7.69. The molecule has 3 heterocycles. The Morgan fingerprint density at radius 2 is 2.03 bits per heavy atom. The Balaban J connectivity index is 1.31. The Morgan fingerprint density at radius 3 is 2.86 bits per heavy atom. The van der Waals surface area contributed by atoms with Crippen molar-refractivity contribution in [3.63, 3.8) is 0 Å². The van der Waals surface area contributed by atoms with Crippen LogP contribution in [-0.4, -0.2) is 55.4 Å². The van der Waals surface area contributed by atoms with Gasteiger partial charge in [-0.3, -0.25) is 4.79 Å². The predicted molar refractivity (Wildman–Crippen MR) is 107 cm³/mol. The summed E-state index contributed by atoms with van der Waals surface area (Å²) in [5.74, 6) is 2.52. The van der Waals surface area contributed by atoms with Gasteiger partial charge in [0, 0.05) is 25.6 Å². The van der Waals surface area contributed by atoms with Gasteiger partial charge in [-0.1, -0.05) is 23.4 Å². The lowest BCUT2D eigenvalue weighted by Crippen LogP contribution is -2.44. The minimum absolute atomic E-state index is 0.252. The summed E-state index contributed by atoms with van der Waals surface area (Å²) in [6, 6.07) is 11.6. The Kier molecular flexibility index (Phi) is 6.79. The summed E-state index contributed by atoms with van der Waals surface area (Å²) in [5.41, 5.74) is 0.925. The molecule has 7 heteroatoms. The zero-order valence-electron chi connectivity index (χ0n) is 16.7. The van der Waals surface area contributed by atoms with Crippen LogP contribution in [0.1, 0.15) is 24.3 Å². The molecule has 156 valence electrons. The van der Waals surface area contributed by atoms with Gasteiger partial charge in [-0.25, -0.2) is 0 Å². The molecule has 0 aliphatic carbocycles. The number of carbonyl (C=O) groups excluding carboxylic acids is 1. The highest BCUT2D eigenvalue weighted by Crippen LogP contribution is 2.27. The van der Waals surface area contributed by atoms with Gasteiger partial charge >= 0.3 is 0 Å². The molecule has 0 bridgehead atoms. The third-order valence-corrected chi connectivity index (χ3v) is 5.77. The fraction of sp³-hybridized carbons (Fsp3) is 0.545. The topological polar surface area (TPSA) is 76.8 Å². The molecule has 0 spiro atoms. The van der Waals surface area contributed by atoms with Gasteiger partial charge in [0.25, 0.3) is 0 Å². The monoisotopic (exact) mass is 399 g/mol. The van der Waals surface area contributed by atoms with E-state index < -0.39 is 0 Å². The molecule has 29 heavy (non-hydrogen) atoms. The third kappa shape index (κ3) is 5.58. The van der Waals surface area contributed by atoms with E-state index in [9.17, 15) is 4.79 Å². The minimum Gasteiger partial charge on any atom is -0.486 e. The molecule has 1 N–H and O–H groups in total. The molecule has 2 aliphatic rings. The maximum Gasteiger partial charge on any atom is 0.223 e. The zero-order valence-corrected chi connectivity index (χ0v) is 16.7. The van der Waals surface area contributed by atoms with E-state index in [-0.39, 0.29) is 5.91 Å². The van der Waals surface area contributed by atoms with Crippen LogP contribution in [0.25, 0.3) is 0 Å². The number of nitrogens with zero attached hydrogens (tertiary/aromatic N) is 2. The van der Waals surface area contributed by atoms with Gasteiger partial charge in [0.1, 0.15) is 12.4 Å². The first kappa shape index (κ1) is 19.9. The van der Waals surface area contributed by atoms with Gasteiger partial charge in [-0.2, -0.15) is 0 Å². The fourth-order valence-corrected chi connectivity index (χ4v) is 4.11. The van der Waals surface area contributed by atoms with Crippen LogP contribution in [0.15, 0.2) is 40.9 Å². The maximum absolute atomic E-state index is 12.7. The number of rotatable bonds is 7. The Labute approximate surface area is 171 Å². The number of benzene rings is 1. The molecule has 4 rings (SSSR count). The number of hydrogen-bond donors (Lipinski definition) is 1. The van der Waals surface area contributed by atoms with E-state index in [1.165, 1.54) is 0 Å². The Morgan fingerprint density at radius 1 is 1.21 bits per heavy atom. The van der Waals surface area contributed by atoms with Crippen LogP contribution in [0.5, 0.6) is 5.75 Å². The van der Waals surface area contributed by atoms with Crippen LogP contribution in [0.4, 0.5) is 0 Å². The molecule has 2 aromatic rings. The summed E-state index contributed by atoms with van der Waals surface area (Å²) in [4.78, 5) is 14.6. The van der Waals surface area contributed by atoms with Gasteiger partial charge in [0.15, 0.2) is 5.76 Å². The number of aromatic nitrogens is 1. The molecule has 1 aromatic carbocycles. The molecule has 0 radical (unpaired) electrons. The van der Waals surface area contributed by atoms with Crippen LogP contribution >= 0.6 is 0 Å². The van der Waals surface area contributed by atoms with Crippen LogP contribution in [0, 0.1) is 11.8 Å². The van der Waals surface area contributed by atoms with Crippen LogP contribution in [0.3, 0.4) is 0 Å². The van der Waals surface area contributed by atoms with Gasteiger partial charge in [-0.15, -0.1) is 0 Å². The summed E-state index contributed by atoms with van der Waals surface area (Å²) in [7, 11) is 0. The summed E-state index contributed by atoms with van der Waals surface area (Å²) in [6.07, 6.45) is 2.43. The lowest BCUT2D eigenvalue weighted by atomic mass is 9.81. The average molecular weight is 399 g/mol. The molecule has 2 fully saturated rings. The lowest BCUT2D eigenvalue weighted by molar-refractivity contribution is -0.136. The van der Waals surface area contributed by atoms with Crippen molar-refractivity contribution >= 4 is 5.91 Å². The van der Waals surface area contributed by atoms with Crippen molar-refractivity contribution in [1.29, 1.82) is 0 Å². The number of ether oxygens (including phenoxy) is 2. The molecule has 1 amide bonds. The van der Waals surface area contributed by atoms with E-state index in [1.807, 2.05) is 41.3 Å². The SMILES string of the molecule is O=C(CC1CCNCC1Cc1cc(COc2ccccc2)on1)N1CCOCC1. The van der Waals surface area contributed by atoms with E-state index in [0.29, 0.717) is 56.9 Å². The average Bonchev–Trinajstić information content (AvgIpc) is 3.22. The van der Waals surface area contributed by atoms with E-state index in [1.54, 1.807) is 0 Å². The summed E-state index contributed by atoms with van der Waals surface area (Å²) < 4.78 is 16.5.